The maximum atomic E-state index is 12.1. The van der Waals surface area contributed by atoms with Crippen LogP contribution in [0.1, 0.15) is 10.6 Å². The van der Waals surface area contributed by atoms with Gasteiger partial charge in [-0.25, -0.2) is 9.67 Å². The van der Waals surface area contributed by atoms with Gasteiger partial charge >= 0.3 is 0 Å². The topological polar surface area (TPSA) is 50.7 Å². The average Bonchev–Trinajstić information content (AvgIpc) is 2.87. The number of nitrogens with one attached hydrogen (secondary N) is 1. The molecule has 0 bridgehead atoms. The Balaban J connectivity index is 2.10. The van der Waals surface area contributed by atoms with E-state index >= 15 is 0 Å². The van der Waals surface area contributed by atoms with Crippen molar-refractivity contribution < 1.29 is 0 Å². The van der Waals surface area contributed by atoms with Crippen LogP contribution in [0.3, 0.4) is 0 Å². The molecule has 0 saturated heterocycles. The zero-order valence-electron chi connectivity index (χ0n) is 9.30. The fourth-order valence-corrected chi connectivity index (χ4v) is 2.61. The number of hydrogen-bond acceptors (Lipinski definition) is 3. The molecule has 0 aliphatic heterocycles. The largest absolute Gasteiger partial charge is 0.295 e. The Labute approximate surface area is 102 Å². The summed E-state index contributed by atoms with van der Waals surface area (Å²) in [5.74, 6) is 0. The lowest BCUT2D eigenvalue weighted by Crippen LogP contribution is -2.17. The van der Waals surface area contributed by atoms with Crippen molar-refractivity contribution in [2.75, 3.05) is 0 Å². The Morgan fingerprint density at radius 2 is 2.24 bits per heavy atom. The Morgan fingerprint density at radius 3 is 2.94 bits per heavy atom. The van der Waals surface area contributed by atoms with Gasteiger partial charge in [0.05, 0.1) is 28.7 Å². The standard InChI is InChI=1S/C12H11N3OS/c1-8-11(17-7-13-8)6-15-12(16)9-4-2-3-5-10(9)14-15/h2-5,7,14H,6H2,1H3. The summed E-state index contributed by atoms with van der Waals surface area (Å²) in [5.41, 5.74) is 3.69. The third-order valence-corrected chi connectivity index (χ3v) is 3.72. The summed E-state index contributed by atoms with van der Waals surface area (Å²) in [5, 5.41) is 3.84. The molecular formula is C12H11N3OS. The van der Waals surface area contributed by atoms with Gasteiger partial charge in [-0.15, -0.1) is 11.3 Å². The van der Waals surface area contributed by atoms with Crippen molar-refractivity contribution in [1.29, 1.82) is 0 Å². The fourth-order valence-electron chi connectivity index (χ4n) is 1.84. The van der Waals surface area contributed by atoms with Crippen LogP contribution >= 0.6 is 11.3 Å². The van der Waals surface area contributed by atoms with E-state index in [4.69, 9.17) is 0 Å². The molecule has 0 aliphatic carbocycles. The van der Waals surface area contributed by atoms with Crippen LogP contribution in [0.4, 0.5) is 0 Å². The summed E-state index contributed by atoms with van der Waals surface area (Å²) in [4.78, 5) is 17.4. The lowest BCUT2D eigenvalue weighted by atomic mass is 10.3. The Hall–Kier alpha value is -1.88. The molecule has 0 aliphatic rings. The fraction of sp³-hybridized carbons (Fsp3) is 0.167. The van der Waals surface area contributed by atoms with Crippen LogP contribution in [-0.4, -0.2) is 14.8 Å². The quantitative estimate of drug-likeness (QED) is 0.752. The molecule has 0 radical (unpaired) electrons. The molecule has 2 aromatic heterocycles. The molecule has 5 heteroatoms. The number of fused-ring (bicyclic) bond motifs is 1. The highest BCUT2D eigenvalue weighted by Gasteiger charge is 2.08. The number of aromatic amines is 1. The minimum Gasteiger partial charge on any atom is -0.295 e. The summed E-state index contributed by atoms with van der Waals surface area (Å²) in [7, 11) is 0. The van der Waals surface area contributed by atoms with Crippen molar-refractivity contribution in [1.82, 2.24) is 14.8 Å². The van der Waals surface area contributed by atoms with Gasteiger partial charge in [0, 0.05) is 4.88 Å². The molecule has 0 amide bonds. The van der Waals surface area contributed by atoms with Gasteiger partial charge in [0.15, 0.2) is 0 Å². The Bertz CT molecular complexity index is 723. The van der Waals surface area contributed by atoms with Gasteiger partial charge < -0.3 is 0 Å². The van der Waals surface area contributed by atoms with Gasteiger partial charge in [-0.05, 0) is 19.1 Å². The predicted molar refractivity (Wildman–Crippen MR) is 68.5 cm³/mol. The van der Waals surface area contributed by atoms with Crippen molar-refractivity contribution in [2.45, 2.75) is 13.5 Å². The van der Waals surface area contributed by atoms with Gasteiger partial charge in [0.25, 0.3) is 5.56 Å². The molecule has 3 rings (SSSR count). The third-order valence-electron chi connectivity index (χ3n) is 2.80. The summed E-state index contributed by atoms with van der Waals surface area (Å²) >= 11 is 1.57. The Morgan fingerprint density at radius 1 is 1.41 bits per heavy atom. The first-order chi connectivity index (χ1) is 8.25. The van der Waals surface area contributed by atoms with Gasteiger partial charge in [0.1, 0.15) is 0 Å². The van der Waals surface area contributed by atoms with Crippen molar-refractivity contribution in [3.05, 3.63) is 50.7 Å². The number of thiazole rings is 1. The molecule has 0 spiro atoms. The predicted octanol–water partition coefficient (Wildman–Crippen LogP) is 2.14. The van der Waals surface area contributed by atoms with Crippen LogP contribution in [0.25, 0.3) is 10.9 Å². The second-order valence-corrected chi connectivity index (χ2v) is 4.85. The minimum absolute atomic E-state index is 0.0217. The molecule has 0 fully saturated rings. The average molecular weight is 245 g/mol. The number of benzene rings is 1. The van der Waals surface area contributed by atoms with E-state index < -0.39 is 0 Å². The highest BCUT2D eigenvalue weighted by molar-refractivity contribution is 7.09. The van der Waals surface area contributed by atoms with E-state index in [1.807, 2.05) is 31.2 Å². The highest BCUT2D eigenvalue weighted by atomic mass is 32.1. The number of rotatable bonds is 2. The second kappa shape index (κ2) is 3.85. The molecule has 4 nitrogen and oxygen atoms in total. The maximum Gasteiger partial charge on any atom is 0.274 e. The first-order valence-corrected chi connectivity index (χ1v) is 6.20. The van der Waals surface area contributed by atoms with E-state index in [0.717, 1.165) is 21.5 Å². The smallest absolute Gasteiger partial charge is 0.274 e. The van der Waals surface area contributed by atoms with E-state index in [1.165, 1.54) is 0 Å². The van der Waals surface area contributed by atoms with Gasteiger partial charge in [-0.1, -0.05) is 12.1 Å². The molecule has 0 unspecified atom stereocenters. The van der Waals surface area contributed by atoms with Crippen molar-refractivity contribution >= 4 is 22.2 Å². The molecule has 86 valence electrons. The molecule has 2 heterocycles. The van der Waals surface area contributed by atoms with Crippen LogP contribution in [0.5, 0.6) is 0 Å². The van der Waals surface area contributed by atoms with Gasteiger partial charge in [-0.2, -0.15) is 0 Å². The zero-order chi connectivity index (χ0) is 11.8. The molecule has 0 atom stereocenters. The first-order valence-electron chi connectivity index (χ1n) is 5.32. The van der Waals surface area contributed by atoms with Crippen LogP contribution in [0.15, 0.2) is 34.6 Å². The van der Waals surface area contributed by atoms with Gasteiger partial charge in [0.2, 0.25) is 0 Å². The number of aryl methyl sites for hydroxylation is 1. The summed E-state index contributed by atoms with van der Waals surface area (Å²) in [6.45, 7) is 2.52. The summed E-state index contributed by atoms with van der Waals surface area (Å²) in [6, 6.07) is 7.54. The minimum atomic E-state index is 0.0217. The number of para-hydroxylation sites is 1. The lowest BCUT2D eigenvalue weighted by Gasteiger charge is -1.98. The van der Waals surface area contributed by atoms with E-state index in [1.54, 1.807) is 21.5 Å². The van der Waals surface area contributed by atoms with Crippen molar-refractivity contribution in [3.8, 4) is 0 Å². The molecule has 1 aromatic carbocycles. The lowest BCUT2D eigenvalue weighted by molar-refractivity contribution is 0.676. The molecular weight excluding hydrogens is 234 g/mol. The van der Waals surface area contributed by atoms with Crippen LogP contribution in [-0.2, 0) is 6.54 Å². The number of H-pyrrole nitrogens is 1. The summed E-state index contributed by atoms with van der Waals surface area (Å²) in [6.07, 6.45) is 0. The normalized spacial score (nSPS) is 11.1. The summed E-state index contributed by atoms with van der Waals surface area (Å²) < 4.78 is 1.63. The highest BCUT2D eigenvalue weighted by Crippen LogP contribution is 2.14. The second-order valence-electron chi connectivity index (χ2n) is 3.91. The number of aromatic nitrogens is 3. The Kier molecular flexibility index (Phi) is 2.33. The van der Waals surface area contributed by atoms with Crippen molar-refractivity contribution in [3.63, 3.8) is 0 Å². The molecule has 1 N–H and O–H groups in total. The number of nitrogens with zero attached hydrogens (tertiary/aromatic N) is 2. The number of hydrogen-bond donors (Lipinski definition) is 1. The van der Waals surface area contributed by atoms with E-state index in [-0.39, 0.29) is 5.56 Å². The van der Waals surface area contributed by atoms with Crippen LogP contribution in [0, 0.1) is 6.92 Å². The monoisotopic (exact) mass is 245 g/mol. The molecule has 0 saturated carbocycles. The first kappa shape index (κ1) is 10.3. The SMILES string of the molecule is Cc1ncsc1Cn1[nH]c2ccccc2c1=O. The van der Waals surface area contributed by atoms with Crippen molar-refractivity contribution in [2.24, 2.45) is 0 Å². The third kappa shape index (κ3) is 1.68. The zero-order valence-corrected chi connectivity index (χ0v) is 10.1. The van der Waals surface area contributed by atoms with Gasteiger partial charge in [-0.3, -0.25) is 9.89 Å². The van der Waals surface area contributed by atoms with E-state index in [2.05, 4.69) is 10.1 Å². The molecule has 3 aromatic rings. The van der Waals surface area contributed by atoms with Crippen LogP contribution < -0.4 is 5.56 Å². The van der Waals surface area contributed by atoms with Crippen LogP contribution in [0.2, 0.25) is 0 Å². The van der Waals surface area contributed by atoms with E-state index in [9.17, 15) is 4.79 Å². The maximum absolute atomic E-state index is 12.1. The molecule has 17 heavy (non-hydrogen) atoms. The van der Waals surface area contributed by atoms with E-state index in [0.29, 0.717) is 6.54 Å².